The Balaban J connectivity index is 1.74. The number of amides is 2. The summed E-state index contributed by atoms with van der Waals surface area (Å²) < 4.78 is 13.6. The van der Waals surface area contributed by atoms with Gasteiger partial charge >= 0.3 is 6.03 Å². The highest BCUT2D eigenvalue weighted by Crippen LogP contribution is 2.23. The topological polar surface area (TPSA) is 61.4 Å². The van der Waals surface area contributed by atoms with E-state index in [0.717, 1.165) is 5.56 Å². The van der Waals surface area contributed by atoms with E-state index in [9.17, 15) is 14.3 Å². The van der Waals surface area contributed by atoms with Gasteiger partial charge in [0, 0.05) is 18.6 Å². The molecule has 4 nitrogen and oxygen atoms in total. The van der Waals surface area contributed by atoms with E-state index in [-0.39, 0.29) is 30.4 Å². The van der Waals surface area contributed by atoms with Crippen molar-refractivity contribution in [1.29, 1.82) is 0 Å². The van der Waals surface area contributed by atoms with Crippen molar-refractivity contribution in [1.82, 2.24) is 10.6 Å². The van der Waals surface area contributed by atoms with Gasteiger partial charge in [0.15, 0.2) is 0 Å². The van der Waals surface area contributed by atoms with Gasteiger partial charge in [-0.2, -0.15) is 0 Å². The van der Waals surface area contributed by atoms with Crippen LogP contribution in [-0.2, 0) is 0 Å². The number of urea groups is 1. The lowest BCUT2D eigenvalue weighted by molar-refractivity contribution is 0.230. The normalized spacial score (nSPS) is 20.2. The van der Waals surface area contributed by atoms with Crippen LogP contribution in [0.25, 0.3) is 0 Å². The van der Waals surface area contributed by atoms with Crippen LogP contribution in [0.4, 0.5) is 9.18 Å². The summed E-state index contributed by atoms with van der Waals surface area (Å²) in [6.07, 6.45) is 4.48. The van der Waals surface area contributed by atoms with Gasteiger partial charge in [0.25, 0.3) is 0 Å². The molecule has 3 rings (SSSR count). The van der Waals surface area contributed by atoms with Crippen LogP contribution in [0.2, 0.25) is 0 Å². The quantitative estimate of drug-likeness (QED) is 0.732. The average molecular weight is 340 g/mol. The molecule has 2 aromatic rings. The van der Waals surface area contributed by atoms with E-state index in [1.807, 2.05) is 42.5 Å². The van der Waals surface area contributed by atoms with Crippen molar-refractivity contribution >= 4 is 6.03 Å². The van der Waals surface area contributed by atoms with Crippen LogP contribution < -0.4 is 10.6 Å². The molecule has 5 heteroatoms. The first-order valence-corrected chi connectivity index (χ1v) is 8.32. The van der Waals surface area contributed by atoms with Gasteiger partial charge in [-0.15, -0.1) is 0 Å². The number of halogens is 1. The number of carbonyl (C=O) groups is 1. The molecule has 2 amide bonds. The summed E-state index contributed by atoms with van der Waals surface area (Å²) in [6, 6.07) is 14.8. The fourth-order valence-corrected chi connectivity index (χ4v) is 3.05. The molecular weight excluding hydrogens is 319 g/mol. The van der Waals surface area contributed by atoms with Gasteiger partial charge < -0.3 is 15.7 Å². The Bertz CT molecular complexity index is 748. The Labute approximate surface area is 146 Å². The zero-order valence-electron chi connectivity index (χ0n) is 13.7. The lowest BCUT2D eigenvalue weighted by Crippen LogP contribution is -2.42. The van der Waals surface area contributed by atoms with Crippen molar-refractivity contribution in [3.63, 3.8) is 0 Å². The molecule has 0 spiro atoms. The number of carbonyl (C=O) groups excluding carboxylic acids is 1. The molecule has 0 aliphatic heterocycles. The third-order valence-corrected chi connectivity index (χ3v) is 4.31. The second-order valence-electron chi connectivity index (χ2n) is 6.19. The van der Waals surface area contributed by atoms with Crippen molar-refractivity contribution in [2.75, 3.05) is 6.61 Å². The molecule has 0 saturated carbocycles. The molecule has 0 bridgehead atoms. The third-order valence-electron chi connectivity index (χ3n) is 4.31. The van der Waals surface area contributed by atoms with Gasteiger partial charge in [-0.3, -0.25) is 0 Å². The molecule has 1 aliphatic rings. The smallest absolute Gasteiger partial charge is 0.316 e. The summed E-state index contributed by atoms with van der Waals surface area (Å²) in [6.45, 7) is 0.0756. The van der Waals surface area contributed by atoms with E-state index in [1.165, 1.54) is 12.1 Å². The number of nitrogens with one attached hydrogen (secondary N) is 2. The summed E-state index contributed by atoms with van der Waals surface area (Å²) in [5.41, 5.74) is 1.55. The summed E-state index contributed by atoms with van der Waals surface area (Å²) in [4.78, 5) is 12.4. The Kier molecular flexibility index (Phi) is 5.46. The van der Waals surface area contributed by atoms with Crippen LogP contribution in [-0.4, -0.2) is 23.8 Å². The molecule has 0 fully saturated rings. The maximum Gasteiger partial charge on any atom is 0.316 e. The zero-order valence-corrected chi connectivity index (χ0v) is 13.7. The van der Waals surface area contributed by atoms with E-state index < -0.39 is 6.04 Å². The summed E-state index contributed by atoms with van der Waals surface area (Å²) in [5.74, 6) is -0.261. The standard InChI is InChI=1S/C20H21FN2O2/c21-17-8-4-7-16(12-17)19(15-5-2-1-3-6-15)23-20(25)22-18-10-9-14(11-18)13-24/h1-10,12,14,18-19,24H,11,13H2,(H2,22,23,25)/t14-,18+,19-/m0/s1. The summed E-state index contributed by atoms with van der Waals surface area (Å²) in [5, 5.41) is 15.0. The maximum absolute atomic E-state index is 13.6. The number of aliphatic hydroxyl groups is 1. The maximum atomic E-state index is 13.6. The van der Waals surface area contributed by atoms with E-state index in [2.05, 4.69) is 10.6 Å². The monoisotopic (exact) mass is 340 g/mol. The molecule has 3 N–H and O–H groups in total. The minimum Gasteiger partial charge on any atom is -0.396 e. The number of aliphatic hydroxyl groups excluding tert-OH is 1. The van der Waals surface area contributed by atoms with E-state index in [0.29, 0.717) is 12.0 Å². The molecule has 1 aliphatic carbocycles. The number of rotatable bonds is 5. The predicted molar refractivity (Wildman–Crippen MR) is 94.5 cm³/mol. The molecule has 3 atom stereocenters. The molecule has 130 valence electrons. The first-order valence-electron chi connectivity index (χ1n) is 8.32. The van der Waals surface area contributed by atoms with Crippen LogP contribution in [0, 0.1) is 11.7 Å². The molecule has 25 heavy (non-hydrogen) atoms. The zero-order chi connectivity index (χ0) is 17.6. The minimum atomic E-state index is -0.448. The molecule has 0 saturated heterocycles. The van der Waals surface area contributed by atoms with Gasteiger partial charge in [-0.05, 0) is 29.7 Å². The molecule has 2 aromatic carbocycles. The second kappa shape index (κ2) is 7.94. The highest BCUT2D eigenvalue weighted by atomic mass is 19.1. The van der Waals surface area contributed by atoms with Crippen molar-refractivity contribution in [2.45, 2.75) is 18.5 Å². The largest absolute Gasteiger partial charge is 0.396 e. The average Bonchev–Trinajstić information content (AvgIpc) is 3.08. The van der Waals surface area contributed by atoms with Crippen LogP contribution in [0.1, 0.15) is 23.6 Å². The first-order chi connectivity index (χ1) is 12.2. The lowest BCUT2D eigenvalue weighted by atomic mass is 9.99. The van der Waals surface area contributed by atoms with Gasteiger partial charge in [-0.25, -0.2) is 9.18 Å². The van der Waals surface area contributed by atoms with E-state index in [1.54, 1.807) is 12.1 Å². The second-order valence-corrected chi connectivity index (χ2v) is 6.19. The molecule has 0 unspecified atom stereocenters. The van der Waals surface area contributed by atoms with Crippen molar-refractivity contribution in [2.24, 2.45) is 5.92 Å². The predicted octanol–water partition coefficient (Wildman–Crippen LogP) is 3.15. The third kappa shape index (κ3) is 4.45. The van der Waals surface area contributed by atoms with Gasteiger partial charge in [0.2, 0.25) is 0 Å². The van der Waals surface area contributed by atoms with Crippen molar-refractivity contribution < 1.29 is 14.3 Å². The number of benzene rings is 2. The molecule has 0 radical (unpaired) electrons. The number of hydrogen-bond donors (Lipinski definition) is 3. The Hall–Kier alpha value is -2.66. The highest BCUT2D eigenvalue weighted by Gasteiger charge is 2.22. The van der Waals surface area contributed by atoms with Crippen LogP contribution in [0.3, 0.4) is 0 Å². The van der Waals surface area contributed by atoms with Crippen molar-refractivity contribution in [3.8, 4) is 0 Å². The van der Waals surface area contributed by atoms with Crippen LogP contribution in [0.15, 0.2) is 66.7 Å². The summed E-state index contributed by atoms with van der Waals surface area (Å²) >= 11 is 0. The fraction of sp³-hybridized carbons (Fsp3) is 0.250. The fourth-order valence-electron chi connectivity index (χ4n) is 3.05. The highest BCUT2D eigenvalue weighted by molar-refractivity contribution is 5.75. The van der Waals surface area contributed by atoms with Gasteiger partial charge in [0.05, 0.1) is 6.04 Å². The molecule has 0 heterocycles. The Morgan fingerprint density at radius 1 is 1.12 bits per heavy atom. The minimum absolute atomic E-state index is 0.0756. The Morgan fingerprint density at radius 3 is 2.56 bits per heavy atom. The van der Waals surface area contributed by atoms with Gasteiger partial charge in [0.1, 0.15) is 5.82 Å². The van der Waals surface area contributed by atoms with E-state index in [4.69, 9.17) is 0 Å². The summed E-state index contributed by atoms with van der Waals surface area (Å²) in [7, 11) is 0. The van der Waals surface area contributed by atoms with Crippen LogP contribution in [0.5, 0.6) is 0 Å². The molecule has 0 aromatic heterocycles. The lowest BCUT2D eigenvalue weighted by Gasteiger charge is -2.22. The Morgan fingerprint density at radius 2 is 1.88 bits per heavy atom. The van der Waals surface area contributed by atoms with Gasteiger partial charge in [-0.1, -0.05) is 54.6 Å². The SMILES string of the molecule is O=C(N[C@@H](c1ccccc1)c1cccc(F)c1)N[C@@H]1C=C[C@H](CO)C1. The number of hydrogen-bond acceptors (Lipinski definition) is 2. The van der Waals surface area contributed by atoms with E-state index >= 15 is 0 Å². The molecular formula is C20H21FN2O2. The van der Waals surface area contributed by atoms with Crippen LogP contribution >= 0.6 is 0 Å². The van der Waals surface area contributed by atoms with Crippen molar-refractivity contribution in [3.05, 3.63) is 83.7 Å². The first kappa shape index (κ1) is 17.2.